The number of hydrogen-bond donors (Lipinski definition) is 1. The first kappa shape index (κ1) is 13.2. The van der Waals surface area contributed by atoms with Crippen molar-refractivity contribution in [3.8, 4) is 11.5 Å². The molecular formula is C15H22O3. The summed E-state index contributed by atoms with van der Waals surface area (Å²) in [5, 5.41) is 10.4. The Bertz CT molecular complexity index is 446. The van der Waals surface area contributed by atoms with Crippen molar-refractivity contribution < 1.29 is 14.6 Å². The number of benzene rings is 1. The van der Waals surface area contributed by atoms with Crippen LogP contribution in [-0.4, -0.2) is 18.3 Å². The quantitative estimate of drug-likeness (QED) is 0.876. The first-order valence-corrected chi connectivity index (χ1v) is 6.38. The van der Waals surface area contributed by atoms with Gasteiger partial charge in [0.2, 0.25) is 0 Å². The summed E-state index contributed by atoms with van der Waals surface area (Å²) in [7, 11) is 1.64. The van der Waals surface area contributed by atoms with Gasteiger partial charge >= 0.3 is 0 Å². The van der Waals surface area contributed by atoms with E-state index < -0.39 is 6.10 Å². The molecule has 0 saturated heterocycles. The second kappa shape index (κ2) is 4.47. The monoisotopic (exact) mass is 250 g/mol. The molecule has 2 atom stereocenters. The molecule has 3 heteroatoms. The van der Waals surface area contributed by atoms with E-state index in [-0.39, 0.29) is 11.5 Å². The molecule has 0 aromatic heterocycles. The fraction of sp³-hybridized carbons (Fsp3) is 0.600. The first-order valence-electron chi connectivity index (χ1n) is 6.38. The molecule has 1 aromatic rings. The zero-order valence-corrected chi connectivity index (χ0v) is 11.8. The van der Waals surface area contributed by atoms with Crippen molar-refractivity contribution in [2.45, 2.75) is 46.3 Å². The summed E-state index contributed by atoms with van der Waals surface area (Å²) < 4.78 is 11.1. The topological polar surface area (TPSA) is 38.7 Å². The van der Waals surface area contributed by atoms with Gasteiger partial charge in [-0.2, -0.15) is 0 Å². The van der Waals surface area contributed by atoms with Crippen LogP contribution in [0.5, 0.6) is 11.5 Å². The molecule has 2 unspecified atom stereocenters. The zero-order chi connectivity index (χ0) is 13.5. The van der Waals surface area contributed by atoms with Crippen LogP contribution in [0.3, 0.4) is 0 Å². The van der Waals surface area contributed by atoms with Gasteiger partial charge in [-0.3, -0.25) is 0 Å². The third-order valence-corrected chi connectivity index (χ3v) is 3.36. The van der Waals surface area contributed by atoms with E-state index in [0.717, 1.165) is 29.0 Å². The van der Waals surface area contributed by atoms with E-state index in [0.29, 0.717) is 0 Å². The van der Waals surface area contributed by atoms with E-state index in [2.05, 4.69) is 0 Å². The molecule has 18 heavy (non-hydrogen) atoms. The molecule has 1 N–H and O–H groups in total. The molecular weight excluding hydrogens is 228 g/mol. The number of rotatable bonds is 2. The smallest absolute Gasteiger partial charge is 0.125 e. The van der Waals surface area contributed by atoms with Crippen molar-refractivity contribution in [3.63, 3.8) is 0 Å². The average molecular weight is 250 g/mol. The maximum atomic E-state index is 10.4. The molecule has 0 radical (unpaired) electrons. The standard InChI is InChI=1S/C15H22O3/c1-9-6-10-7-13(17-5)11(8-12(10)18-9)14(16)15(2,3)4/h7-9,14,16H,6H2,1-5H3. The third-order valence-electron chi connectivity index (χ3n) is 3.36. The van der Waals surface area contributed by atoms with Gasteiger partial charge in [-0.15, -0.1) is 0 Å². The van der Waals surface area contributed by atoms with Crippen molar-refractivity contribution in [3.05, 3.63) is 23.3 Å². The molecule has 2 rings (SSSR count). The summed E-state index contributed by atoms with van der Waals surface area (Å²) in [6, 6.07) is 3.91. The lowest BCUT2D eigenvalue weighted by Crippen LogP contribution is -2.18. The lowest BCUT2D eigenvalue weighted by atomic mass is 9.84. The highest BCUT2D eigenvalue weighted by molar-refractivity contribution is 5.49. The predicted molar refractivity (Wildman–Crippen MR) is 71.2 cm³/mol. The van der Waals surface area contributed by atoms with E-state index in [1.54, 1.807) is 7.11 Å². The summed E-state index contributed by atoms with van der Waals surface area (Å²) in [4.78, 5) is 0. The largest absolute Gasteiger partial charge is 0.496 e. The van der Waals surface area contributed by atoms with Gasteiger partial charge in [0.15, 0.2) is 0 Å². The summed E-state index contributed by atoms with van der Waals surface area (Å²) in [5.41, 5.74) is 1.73. The molecule has 1 aliphatic rings. The second-order valence-electron chi connectivity index (χ2n) is 6.10. The lowest BCUT2D eigenvalue weighted by molar-refractivity contribution is 0.0601. The van der Waals surface area contributed by atoms with E-state index in [9.17, 15) is 5.11 Å². The molecule has 0 bridgehead atoms. The number of methoxy groups -OCH3 is 1. The van der Waals surface area contributed by atoms with Gasteiger partial charge in [0, 0.05) is 17.5 Å². The molecule has 1 aromatic carbocycles. The van der Waals surface area contributed by atoms with Crippen LogP contribution >= 0.6 is 0 Å². The predicted octanol–water partition coefficient (Wildman–Crippen LogP) is 3.10. The van der Waals surface area contributed by atoms with E-state index >= 15 is 0 Å². The van der Waals surface area contributed by atoms with E-state index in [1.165, 1.54) is 0 Å². The number of fused-ring (bicyclic) bond motifs is 1. The van der Waals surface area contributed by atoms with Gasteiger partial charge in [-0.25, -0.2) is 0 Å². The van der Waals surface area contributed by atoms with Gasteiger partial charge in [-0.05, 0) is 24.5 Å². The highest BCUT2D eigenvalue weighted by Gasteiger charge is 2.29. The SMILES string of the molecule is COc1cc2c(cc1C(O)C(C)(C)C)OC(C)C2. The van der Waals surface area contributed by atoms with Crippen LogP contribution in [0.15, 0.2) is 12.1 Å². The normalized spacial score (nSPS) is 20.2. The Balaban J connectivity index is 2.45. The van der Waals surface area contributed by atoms with Crippen LogP contribution in [0.2, 0.25) is 0 Å². The minimum absolute atomic E-state index is 0.201. The van der Waals surface area contributed by atoms with E-state index in [1.807, 2.05) is 39.8 Å². The Morgan fingerprint density at radius 1 is 1.39 bits per heavy atom. The lowest BCUT2D eigenvalue weighted by Gasteiger charge is -2.27. The van der Waals surface area contributed by atoms with Crippen molar-refractivity contribution in [2.75, 3.05) is 7.11 Å². The Labute approximate surface area is 109 Å². The Hall–Kier alpha value is -1.22. The molecule has 0 saturated carbocycles. The van der Waals surface area contributed by atoms with Gasteiger partial charge in [0.05, 0.1) is 13.2 Å². The Kier molecular flexibility index (Phi) is 3.28. The van der Waals surface area contributed by atoms with Crippen molar-refractivity contribution in [1.82, 2.24) is 0 Å². The minimum atomic E-state index is -0.572. The molecule has 0 aliphatic carbocycles. The van der Waals surface area contributed by atoms with Crippen molar-refractivity contribution in [1.29, 1.82) is 0 Å². The molecule has 1 aliphatic heterocycles. The Morgan fingerprint density at radius 3 is 2.61 bits per heavy atom. The van der Waals surface area contributed by atoms with E-state index in [4.69, 9.17) is 9.47 Å². The summed E-state index contributed by atoms with van der Waals surface area (Å²) in [5.74, 6) is 1.62. The molecule has 0 spiro atoms. The fourth-order valence-corrected chi connectivity index (χ4v) is 2.31. The highest BCUT2D eigenvalue weighted by Crippen LogP contribution is 2.42. The summed E-state index contributed by atoms with van der Waals surface area (Å²) >= 11 is 0. The van der Waals surface area contributed by atoms with Gasteiger partial charge in [-0.1, -0.05) is 20.8 Å². The molecule has 0 amide bonds. The van der Waals surface area contributed by atoms with Crippen LogP contribution in [0, 0.1) is 5.41 Å². The highest BCUT2D eigenvalue weighted by atomic mass is 16.5. The first-order chi connectivity index (χ1) is 8.32. The maximum absolute atomic E-state index is 10.4. The van der Waals surface area contributed by atoms with Gasteiger partial charge < -0.3 is 14.6 Å². The van der Waals surface area contributed by atoms with Gasteiger partial charge in [0.1, 0.15) is 17.6 Å². The van der Waals surface area contributed by atoms with Crippen LogP contribution < -0.4 is 9.47 Å². The number of aliphatic hydroxyl groups excluding tert-OH is 1. The van der Waals surface area contributed by atoms with Crippen molar-refractivity contribution in [2.24, 2.45) is 5.41 Å². The molecule has 3 nitrogen and oxygen atoms in total. The fourth-order valence-electron chi connectivity index (χ4n) is 2.31. The second-order valence-corrected chi connectivity index (χ2v) is 6.10. The summed E-state index contributed by atoms with van der Waals surface area (Å²) in [6.45, 7) is 8.07. The number of hydrogen-bond acceptors (Lipinski definition) is 3. The van der Waals surface area contributed by atoms with Crippen molar-refractivity contribution >= 4 is 0 Å². The minimum Gasteiger partial charge on any atom is -0.496 e. The Morgan fingerprint density at radius 2 is 2.06 bits per heavy atom. The zero-order valence-electron chi connectivity index (χ0n) is 11.8. The summed E-state index contributed by atoms with van der Waals surface area (Å²) in [6.07, 6.45) is 0.529. The maximum Gasteiger partial charge on any atom is 0.125 e. The van der Waals surface area contributed by atoms with Crippen LogP contribution in [0.4, 0.5) is 0 Å². The molecule has 0 fully saturated rings. The average Bonchev–Trinajstić information content (AvgIpc) is 2.64. The molecule has 1 heterocycles. The van der Waals surface area contributed by atoms with Crippen LogP contribution in [0.25, 0.3) is 0 Å². The van der Waals surface area contributed by atoms with Crippen LogP contribution in [0.1, 0.15) is 44.9 Å². The number of ether oxygens (including phenoxy) is 2. The third kappa shape index (κ3) is 2.32. The number of aliphatic hydroxyl groups is 1. The molecule has 100 valence electrons. The van der Waals surface area contributed by atoms with Gasteiger partial charge in [0.25, 0.3) is 0 Å². The van der Waals surface area contributed by atoms with Crippen LogP contribution in [-0.2, 0) is 6.42 Å².